The van der Waals surface area contributed by atoms with E-state index in [1.807, 2.05) is 0 Å². The second kappa shape index (κ2) is 6.82. The summed E-state index contributed by atoms with van der Waals surface area (Å²) in [6.45, 7) is 2.50. The lowest BCUT2D eigenvalue weighted by molar-refractivity contribution is -0.0620. The van der Waals surface area contributed by atoms with Crippen LogP contribution in [0.4, 0.5) is 0 Å². The molecule has 3 saturated carbocycles. The first-order valence-corrected chi connectivity index (χ1v) is 11.1. The number of allylic oxidation sites excluding steroid dienone is 2. The highest BCUT2D eigenvalue weighted by Crippen LogP contribution is 2.62. The molecule has 1 aromatic carbocycles. The Labute approximate surface area is 164 Å². The first kappa shape index (κ1) is 17.6. The molecule has 5 rings (SSSR count). The summed E-state index contributed by atoms with van der Waals surface area (Å²) in [4.78, 5) is 0. The summed E-state index contributed by atoms with van der Waals surface area (Å²) >= 11 is 0. The van der Waals surface area contributed by atoms with Gasteiger partial charge in [-0.25, -0.2) is 0 Å². The molecule has 0 heterocycles. The summed E-state index contributed by atoms with van der Waals surface area (Å²) in [7, 11) is 0. The largest absolute Gasteiger partial charge is 0.393 e. The lowest BCUT2D eigenvalue weighted by atomic mass is 9.50. The molecule has 0 bridgehead atoms. The summed E-state index contributed by atoms with van der Waals surface area (Å²) in [5, 5.41) is 10.1. The second-order valence-electron chi connectivity index (χ2n) is 9.83. The zero-order chi connectivity index (χ0) is 18.4. The number of aliphatic hydroxyl groups excluding tert-OH is 1. The van der Waals surface area contributed by atoms with Gasteiger partial charge in [0.2, 0.25) is 0 Å². The summed E-state index contributed by atoms with van der Waals surface area (Å²) in [6.07, 6.45) is 12.5. The van der Waals surface area contributed by atoms with Gasteiger partial charge in [-0.15, -0.1) is 0 Å². The topological polar surface area (TPSA) is 20.2 Å². The Morgan fingerprint density at radius 2 is 1.74 bits per heavy atom. The van der Waals surface area contributed by atoms with Crippen LogP contribution < -0.4 is 0 Å². The summed E-state index contributed by atoms with van der Waals surface area (Å²) in [5.41, 5.74) is 2.83. The van der Waals surface area contributed by atoms with E-state index in [9.17, 15) is 5.11 Å². The Bertz CT molecular complexity index is 781. The highest BCUT2D eigenvalue weighted by atomic mass is 16.3. The van der Waals surface area contributed by atoms with Crippen molar-refractivity contribution in [2.45, 2.75) is 64.4 Å². The van der Waals surface area contributed by atoms with E-state index < -0.39 is 0 Å². The van der Waals surface area contributed by atoms with Gasteiger partial charge in [-0.2, -0.15) is 0 Å². The van der Waals surface area contributed by atoms with Crippen LogP contribution in [-0.2, 0) is 0 Å². The quantitative estimate of drug-likeness (QED) is 0.598. The van der Waals surface area contributed by atoms with Gasteiger partial charge >= 0.3 is 0 Å². The number of benzene rings is 1. The molecule has 0 aromatic heterocycles. The van der Waals surface area contributed by atoms with E-state index in [1.54, 1.807) is 0 Å². The normalized spacial score (nSPS) is 42.8. The Morgan fingerprint density at radius 3 is 2.59 bits per heavy atom. The number of fused-ring (bicyclic) bond motifs is 5. The Kier molecular flexibility index (Phi) is 4.44. The van der Waals surface area contributed by atoms with Crippen LogP contribution in [0.1, 0.15) is 63.9 Å². The molecule has 7 atom stereocenters. The van der Waals surface area contributed by atoms with Crippen LogP contribution in [-0.4, -0.2) is 11.2 Å². The highest BCUT2D eigenvalue weighted by Gasteiger charge is 2.54. The van der Waals surface area contributed by atoms with Gasteiger partial charge in [-0.05, 0) is 93.1 Å². The average molecular weight is 361 g/mol. The van der Waals surface area contributed by atoms with Crippen LogP contribution in [0, 0.1) is 46.8 Å². The molecule has 3 fully saturated rings. The zero-order valence-electron chi connectivity index (χ0n) is 16.5. The van der Waals surface area contributed by atoms with Crippen molar-refractivity contribution in [1.82, 2.24) is 0 Å². The van der Waals surface area contributed by atoms with Crippen molar-refractivity contribution in [2.24, 2.45) is 35.0 Å². The average Bonchev–Trinajstić information content (AvgIpc) is 3.03. The highest BCUT2D eigenvalue weighted by molar-refractivity contribution is 5.45. The Balaban J connectivity index is 1.36. The van der Waals surface area contributed by atoms with Crippen molar-refractivity contribution in [3.05, 3.63) is 47.5 Å². The summed E-state index contributed by atoms with van der Waals surface area (Å²) in [6, 6.07) is 10.4. The molecular weight excluding hydrogens is 328 g/mol. The van der Waals surface area contributed by atoms with E-state index in [4.69, 9.17) is 0 Å². The SMILES string of the molecule is C[C@]12CC[C@H]3[C@@H](CC[C@@H]4C[C@H](O)CC[C@@H]43)[C@@H]1CC=C2C#Cc1ccccc1. The molecule has 142 valence electrons. The number of hydrogen-bond donors (Lipinski definition) is 1. The predicted octanol–water partition coefficient (Wildman–Crippen LogP) is 5.59. The van der Waals surface area contributed by atoms with Crippen LogP contribution in [0.15, 0.2) is 42.0 Å². The van der Waals surface area contributed by atoms with Crippen molar-refractivity contribution in [1.29, 1.82) is 0 Å². The fourth-order valence-corrected chi connectivity index (χ4v) is 7.25. The number of aliphatic hydroxyl groups is 1. The molecule has 1 nitrogen and oxygen atoms in total. The summed E-state index contributed by atoms with van der Waals surface area (Å²) in [5.74, 6) is 11.3. The number of hydrogen-bond acceptors (Lipinski definition) is 1. The molecule has 1 N–H and O–H groups in total. The molecule has 27 heavy (non-hydrogen) atoms. The molecule has 0 radical (unpaired) electrons. The van der Waals surface area contributed by atoms with E-state index >= 15 is 0 Å². The molecule has 1 aromatic rings. The van der Waals surface area contributed by atoms with E-state index in [1.165, 1.54) is 44.1 Å². The molecule has 4 aliphatic carbocycles. The molecule has 0 aliphatic heterocycles. The molecule has 0 spiro atoms. The third kappa shape index (κ3) is 2.98. The smallest absolute Gasteiger partial charge is 0.0543 e. The van der Waals surface area contributed by atoms with Gasteiger partial charge in [0.05, 0.1) is 6.10 Å². The third-order valence-corrected chi connectivity index (χ3v) is 8.62. The minimum atomic E-state index is -0.0235. The van der Waals surface area contributed by atoms with Gasteiger partial charge in [-0.3, -0.25) is 0 Å². The minimum absolute atomic E-state index is 0.0235. The van der Waals surface area contributed by atoms with Gasteiger partial charge in [0.15, 0.2) is 0 Å². The third-order valence-electron chi connectivity index (χ3n) is 8.62. The van der Waals surface area contributed by atoms with Gasteiger partial charge < -0.3 is 5.11 Å². The lowest BCUT2D eigenvalue weighted by Crippen LogP contribution is -2.48. The Morgan fingerprint density at radius 1 is 0.926 bits per heavy atom. The molecule has 4 aliphatic rings. The van der Waals surface area contributed by atoms with Crippen molar-refractivity contribution in [2.75, 3.05) is 0 Å². The van der Waals surface area contributed by atoms with Crippen molar-refractivity contribution >= 4 is 0 Å². The Hall–Kier alpha value is -1.52. The van der Waals surface area contributed by atoms with Crippen molar-refractivity contribution in [3.63, 3.8) is 0 Å². The van der Waals surface area contributed by atoms with Gasteiger partial charge in [-0.1, -0.05) is 43.0 Å². The van der Waals surface area contributed by atoms with Crippen LogP contribution in [0.2, 0.25) is 0 Å². The van der Waals surface area contributed by atoms with Crippen LogP contribution >= 0.6 is 0 Å². The summed E-state index contributed by atoms with van der Waals surface area (Å²) < 4.78 is 0. The molecular formula is C26H32O. The fourth-order valence-electron chi connectivity index (χ4n) is 7.25. The molecule has 0 unspecified atom stereocenters. The first-order chi connectivity index (χ1) is 13.1. The van der Waals surface area contributed by atoms with Crippen molar-refractivity contribution < 1.29 is 5.11 Å². The maximum atomic E-state index is 10.1. The maximum Gasteiger partial charge on any atom is 0.0543 e. The van der Waals surface area contributed by atoms with E-state index in [0.717, 1.165) is 48.0 Å². The molecule has 1 heteroatoms. The van der Waals surface area contributed by atoms with Gasteiger partial charge in [0, 0.05) is 16.6 Å². The van der Waals surface area contributed by atoms with E-state index in [2.05, 4.69) is 55.2 Å². The maximum absolute atomic E-state index is 10.1. The predicted molar refractivity (Wildman–Crippen MR) is 110 cm³/mol. The standard InChI is InChI=1S/C26H32O/c1-26-16-15-23-22-13-11-21(27)17-19(22)8-12-24(23)25(26)14-10-20(26)9-7-18-5-3-2-4-6-18/h2-6,10,19,21-25,27H,8,11-17H2,1H3/t19-,21-,22+,23-,24-,25+,26-/m1/s1. The fraction of sp³-hybridized carbons (Fsp3) is 0.615. The molecule has 0 amide bonds. The second-order valence-corrected chi connectivity index (χ2v) is 9.83. The van der Waals surface area contributed by atoms with Gasteiger partial charge in [0.25, 0.3) is 0 Å². The number of rotatable bonds is 0. The molecule has 0 saturated heterocycles. The van der Waals surface area contributed by atoms with Crippen LogP contribution in [0.5, 0.6) is 0 Å². The van der Waals surface area contributed by atoms with E-state index in [-0.39, 0.29) is 6.10 Å². The monoisotopic (exact) mass is 360 g/mol. The minimum Gasteiger partial charge on any atom is -0.393 e. The van der Waals surface area contributed by atoms with E-state index in [0.29, 0.717) is 5.41 Å². The van der Waals surface area contributed by atoms with Gasteiger partial charge in [0.1, 0.15) is 0 Å². The lowest BCUT2D eigenvalue weighted by Gasteiger charge is -2.55. The first-order valence-electron chi connectivity index (χ1n) is 11.1. The zero-order valence-corrected chi connectivity index (χ0v) is 16.5. The van der Waals surface area contributed by atoms with Crippen LogP contribution in [0.25, 0.3) is 0 Å². The van der Waals surface area contributed by atoms with Crippen LogP contribution in [0.3, 0.4) is 0 Å². The van der Waals surface area contributed by atoms with Crippen molar-refractivity contribution in [3.8, 4) is 11.8 Å².